The monoisotopic (exact) mass is 421 g/mol. The van der Waals surface area contributed by atoms with E-state index in [0.717, 1.165) is 6.54 Å². The van der Waals surface area contributed by atoms with Gasteiger partial charge in [0.05, 0.1) is 0 Å². The van der Waals surface area contributed by atoms with Crippen molar-refractivity contribution in [3.63, 3.8) is 0 Å². The Morgan fingerprint density at radius 3 is 1.84 bits per heavy atom. The second-order valence-corrected chi connectivity index (χ2v) is 9.31. The van der Waals surface area contributed by atoms with Crippen molar-refractivity contribution in [3.8, 4) is 0 Å². The fourth-order valence-electron chi connectivity index (χ4n) is 4.67. The molecule has 0 aliphatic rings. The van der Waals surface area contributed by atoms with Crippen LogP contribution in [0.1, 0.15) is 108 Å². The zero-order chi connectivity index (χ0) is 22.3. The molecule has 0 aliphatic carbocycles. The SMILES string of the molecule is CCCCCCCCc1cccc(C)c1N(CCCCCCCC)c1ccccc1C. The van der Waals surface area contributed by atoms with Crippen LogP contribution in [0.2, 0.25) is 0 Å². The number of para-hydroxylation sites is 2. The van der Waals surface area contributed by atoms with Gasteiger partial charge in [0.25, 0.3) is 0 Å². The molecule has 0 aliphatic heterocycles. The molecule has 1 nitrogen and oxygen atoms in total. The van der Waals surface area contributed by atoms with Crippen molar-refractivity contribution in [1.29, 1.82) is 0 Å². The maximum Gasteiger partial charge on any atom is 0.0473 e. The van der Waals surface area contributed by atoms with E-state index < -0.39 is 0 Å². The van der Waals surface area contributed by atoms with Crippen LogP contribution in [0.4, 0.5) is 11.4 Å². The number of rotatable bonds is 16. The molecule has 0 bridgehead atoms. The van der Waals surface area contributed by atoms with Gasteiger partial charge in [-0.15, -0.1) is 0 Å². The highest BCUT2D eigenvalue weighted by Gasteiger charge is 2.17. The lowest BCUT2D eigenvalue weighted by molar-refractivity contribution is 0.604. The molecule has 31 heavy (non-hydrogen) atoms. The second kappa shape index (κ2) is 15.1. The first-order valence-electron chi connectivity index (χ1n) is 13.1. The van der Waals surface area contributed by atoms with E-state index >= 15 is 0 Å². The lowest BCUT2D eigenvalue weighted by Crippen LogP contribution is -2.22. The fourth-order valence-corrected chi connectivity index (χ4v) is 4.67. The van der Waals surface area contributed by atoms with Gasteiger partial charge in [0, 0.05) is 17.9 Å². The van der Waals surface area contributed by atoms with Gasteiger partial charge in [-0.05, 0) is 55.9 Å². The van der Waals surface area contributed by atoms with Crippen molar-refractivity contribution in [2.75, 3.05) is 11.4 Å². The maximum absolute atomic E-state index is 2.64. The first-order valence-corrected chi connectivity index (χ1v) is 13.1. The van der Waals surface area contributed by atoms with E-state index in [4.69, 9.17) is 0 Å². The summed E-state index contributed by atoms with van der Waals surface area (Å²) in [6.45, 7) is 10.3. The van der Waals surface area contributed by atoms with Crippen molar-refractivity contribution >= 4 is 11.4 Å². The quantitative estimate of drug-likeness (QED) is 0.244. The lowest BCUT2D eigenvalue weighted by atomic mass is 9.98. The van der Waals surface area contributed by atoms with E-state index in [-0.39, 0.29) is 0 Å². The van der Waals surface area contributed by atoms with Crippen molar-refractivity contribution in [2.45, 2.75) is 111 Å². The predicted octanol–water partition coefficient (Wildman–Crippen LogP) is 9.71. The number of anilines is 2. The first kappa shape index (κ1) is 25.5. The summed E-state index contributed by atoms with van der Waals surface area (Å²) in [5.41, 5.74) is 7.18. The third kappa shape index (κ3) is 8.71. The number of nitrogens with zero attached hydrogens (tertiary/aromatic N) is 1. The Labute approximate surface area is 193 Å². The van der Waals surface area contributed by atoms with Crippen LogP contribution in [-0.4, -0.2) is 6.54 Å². The lowest BCUT2D eigenvalue weighted by Gasteiger charge is -2.30. The smallest absolute Gasteiger partial charge is 0.0473 e. The van der Waals surface area contributed by atoms with Crippen LogP contribution in [-0.2, 0) is 6.42 Å². The van der Waals surface area contributed by atoms with Gasteiger partial charge in [-0.25, -0.2) is 0 Å². The number of benzene rings is 2. The molecule has 0 aromatic heterocycles. The van der Waals surface area contributed by atoms with E-state index in [1.54, 1.807) is 0 Å². The average Bonchev–Trinajstić information content (AvgIpc) is 2.77. The molecular weight excluding hydrogens is 374 g/mol. The van der Waals surface area contributed by atoms with Crippen LogP contribution >= 0.6 is 0 Å². The topological polar surface area (TPSA) is 3.24 Å². The number of aryl methyl sites for hydroxylation is 3. The summed E-state index contributed by atoms with van der Waals surface area (Å²) in [7, 11) is 0. The highest BCUT2D eigenvalue weighted by molar-refractivity contribution is 5.71. The van der Waals surface area contributed by atoms with E-state index in [9.17, 15) is 0 Å². The number of hydrogen-bond acceptors (Lipinski definition) is 1. The molecule has 0 saturated carbocycles. The van der Waals surface area contributed by atoms with Gasteiger partial charge in [-0.3, -0.25) is 0 Å². The number of unbranched alkanes of at least 4 members (excludes halogenated alkanes) is 10. The van der Waals surface area contributed by atoms with Crippen LogP contribution in [0.25, 0.3) is 0 Å². The molecule has 1 heteroatoms. The zero-order valence-electron chi connectivity index (χ0n) is 20.9. The highest BCUT2D eigenvalue weighted by atomic mass is 15.1. The van der Waals surface area contributed by atoms with Crippen molar-refractivity contribution in [3.05, 3.63) is 59.2 Å². The van der Waals surface area contributed by atoms with Crippen molar-refractivity contribution in [2.24, 2.45) is 0 Å². The Kier molecular flexibility index (Phi) is 12.4. The van der Waals surface area contributed by atoms with Crippen LogP contribution in [0, 0.1) is 13.8 Å². The normalized spacial score (nSPS) is 11.1. The van der Waals surface area contributed by atoms with E-state index in [1.165, 1.54) is 112 Å². The summed E-state index contributed by atoms with van der Waals surface area (Å²) in [6.07, 6.45) is 17.4. The van der Waals surface area contributed by atoms with Crippen LogP contribution in [0.5, 0.6) is 0 Å². The summed E-state index contributed by atoms with van der Waals surface area (Å²) < 4.78 is 0. The molecule has 0 spiro atoms. The predicted molar refractivity (Wildman–Crippen MR) is 140 cm³/mol. The third-order valence-corrected chi connectivity index (χ3v) is 6.53. The molecule has 0 amide bonds. The van der Waals surface area contributed by atoms with Crippen LogP contribution in [0.3, 0.4) is 0 Å². The minimum atomic E-state index is 1.12. The summed E-state index contributed by atoms with van der Waals surface area (Å²) in [6, 6.07) is 15.9. The minimum absolute atomic E-state index is 1.12. The Morgan fingerprint density at radius 1 is 0.581 bits per heavy atom. The van der Waals surface area contributed by atoms with Gasteiger partial charge in [0.15, 0.2) is 0 Å². The molecule has 0 heterocycles. The first-order chi connectivity index (χ1) is 15.2. The number of hydrogen-bond donors (Lipinski definition) is 0. The Balaban J connectivity index is 2.15. The molecule has 0 unspecified atom stereocenters. The van der Waals surface area contributed by atoms with Gasteiger partial charge >= 0.3 is 0 Å². The third-order valence-electron chi connectivity index (χ3n) is 6.53. The Hall–Kier alpha value is -1.76. The molecule has 0 radical (unpaired) electrons. The van der Waals surface area contributed by atoms with Crippen molar-refractivity contribution in [1.82, 2.24) is 0 Å². The molecule has 2 aromatic rings. The molecule has 0 fully saturated rings. The van der Waals surface area contributed by atoms with E-state index in [0.29, 0.717) is 0 Å². The molecule has 0 N–H and O–H groups in total. The summed E-state index contributed by atoms with van der Waals surface area (Å²) in [5, 5.41) is 0. The highest BCUT2D eigenvalue weighted by Crippen LogP contribution is 2.35. The molecule has 172 valence electrons. The van der Waals surface area contributed by atoms with Gasteiger partial charge in [0.1, 0.15) is 0 Å². The molecule has 2 aromatic carbocycles. The summed E-state index contributed by atoms with van der Waals surface area (Å²) >= 11 is 0. The standard InChI is InChI=1S/C30H47N/c1-5-7-9-11-13-15-22-28-23-19-21-27(4)30(28)31(25-18-14-12-10-8-6-2)29-24-17-16-20-26(29)3/h16-17,19-21,23-24H,5-15,18,22,25H2,1-4H3. The van der Waals surface area contributed by atoms with Gasteiger partial charge in [-0.1, -0.05) is 114 Å². The largest absolute Gasteiger partial charge is 0.341 e. The zero-order valence-corrected chi connectivity index (χ0v) is 20.9. The van der Waals surface area contributed by atoms with Gasteiger partial charge in [-0.2, -0.15) is 0 Å². The fraction of sp³-hybridized carbons (Fsp3) is 0.600. The molecule has 0 saturated heterocycles. The van der Waals surface area contributed by atoms with E-state index in [2.05, 4.69) is 75.1 Å². The minimum Gasteiger partial charge on any atom is -0.341 e. The van der Waals surface area contributed by atoms with E-state index in [1.807, 2.05) is 0 Å². The average molecular weight is 422 g/mol. The van der Waals surface area contributed by atoms with Gasteiger partial charge < -0.3 is 4.90 Å². The molecule has 2 rings (SSSR count). The van der Waals surface area contributed by atoms with Crippen LogP contribution < -0.4 is 4.90 Å². The van der Waals surface area contributed by atoms with Crippen LogP contribution in [0.15, 0.2) is 42.5 Å². The maximum atomic E-state index is 2.64. The van der Waals surface area contributed by atoms with Crippen molar-refractivity contribution < 1.29 is 0 Å². The summed E-state index contributed by atoms with van der Waals surface area (Å²) in [4.78, 5) is 2.64. The van der Waals surface area contributed by atoms with Gasteiger partial charge in [0.2, 0.25) is 0 Å². The Morgan fingerprint density at radius 2 is 1.16 bits per heavy atom. The molecule has 0 atom stereocenters. The molecular formula is C30H47N. The second-order valence-electron chi connectivity index (χ2n) is 9.31. The summed E-state index contributed by atoms with van der Waals surface area (Å²) in [5.74, 6) is 0. The Bertz CT molecular complexity index is 733.